The zero-order valence-corrected chi connectivity index (χ0v) is 19.5. The van der Waals surface area contributed by atoms with E-state index >= 15 is 4.39 Å². The number of tetrazole rings is 1. The first-order chi connectivity index (χ1) is 17.1. The van der Waals surface area contributed by atoms with Crippen molar-refractivity contribution in [2.45, 2.75) is 32.2 Å². The summed E-state index contributed by atoms with van der Waals surface area (Å²) in [5, 5.41) is 19.8. The highest BCUT2D eigenvalue weighted by atomic mass is 35.5. The molecule has 0 radical (unpaired) electrons. The molecular formula is C24H20ClFN8O. The van der Waals surface area contributed by atoms with Crippen LogP contribution in [0, 0.1) is 18.7 Å². The highest BCUT2D eigenvalue weighted by molar-refractivity contribution is 6.31. The monoisotopic (exact) mass is 490 g/mol. The fourth-order valence-corrected chi connectivity index (χ4v) is 4.44. The summed E-state index contributed by atoms with van der Waals surface area (Å²) in [4.78, 5) is 4.73. The molecule has 4 aromatic heterocycles. The van der Waals surface area contributed by atoms with Crippen LogP contribution in [0.2, 0.25) is 5.02 Å². The van der Waals surface area contributed by atoms with Gasteiger partial charge in [0.05, 0.1) is 34.3 Å². The zero-order valence-electron chi connectivity index (χ0n) is 18.7. The van der Waals surface area contributed by atoms with Gasteiger partial charge in [-0.1, -0.05) is 35.7 Å². The second kappa shape index (κ2) is 8.70. The summed E-state index contributed by atoms with van der Waals surface area (Å²) in [5.74, 6) is 0.0906. The molecule has 9 nitrogen and oxygen atoms in total. The Morgan fingerprint density at radius 3 is 2.74 bits per heavy atom. The van der Waals surface area contributed by atoms with E-state index in [2.05, 4.69) is 25.8 Å². The van der Waals surface area contributed by atoms with Crippen LogP contribution in [-0.2, 0) is 0 Å². The lowest BCUT2D eigenvalue weighted by Crippen LogP contribution is -2.13. The predicted molar refractivity (Wildman–Crippen MR) is 125 cm³/mol. The summed E-state index contributed by atoms with van der Waals surface area (Å²) in [7, 11) is 0. The lowest BCUT2D eigenvalue weighted by atomic mass is 10.0. The van der Waals surface area contributed by atoms with Gasteiger partial charge in [-0.25, -0.2) is 4.39 Å². The van der Waals surface area contributed by atoms with Gasteiger partial charge in [0, 0.05) is 34.6 Å². The maximum Gasteiger partial charge on any atom is 0.151 e. The molecule has 1 fully saturated rings. The van der Waals surface area contributed by atoms with E-state index in [1.54, 1.807) is 18.5 Å². The molecule has 0 amide bonds. The highest BCUT2D eigenvalue weighted by Gasteiger charge is 2.29. The minimum Gasteiger partial charge on any atom is -0.364 e. The lowest BCUT2D eigenvalue weighted by Gasteiger charge is -2.18. The molecular weight excluding hydrogens is 471 g/mol. The topological polar surface area (TPSA) is 100 Å². The van der Waals surface area contributed by atoms with E-state index in [0.717, 1.165) is 28.9 Å². The van der Waals surface area contributed by atoms with Gasteiger partial charge in [-0.05, 0) is 47.9 Å². The van der Waals surface area contributed by atoms with Crippen molar-refractivity contribution in [1.82, 2.24) is 40.1 Å². The van der Waals surface area contributed by atoms with Gasteiger partial charge in [0.2, 0.25) is 0 Å². The number of hydrogen-bond donors (Lipinski definition) is 0. The van der Waals surface area contributed by atoms with Gasteiger partial charge >= 0.3 is 0 Å². The normalized spacial score (nSPS) is 14.4. The molecule has 0 aliphatic heterocycles. The van der Waals surface area contributed by atoms with Gasteiger partial charge in [0.25, 0.3) is 0 Å². The number of halogens is 2. The fourth-order valence-electron chi connectivity index (χ4n) is 4.28. The average Bonchev–Trinajstić information content (AvgIpc) is 3.25. The quantitative estimate of drug-likeness (QED) is 0.314. The molecule has 6 rings (SSSR count). The Labute approximate surface area is 204 Å². The van der Waals surface area contributed by atoms with Gasteiger partial charge in [0.15, 0.2) is 5.82 Å². The van der Waals surface area contributed by atoms with Crippen LogP contribution in [0.15, 0.2) is 60.0 Å². The van der Waals surface area contributed by atoms with E-state index in [4.69, 9.17) is 21.1 Å². The van der Waals surface area contributed by atoms with E-state index in [-0.39, 0.29) is 16.6 Å². The van der Waals surface area contributed by atoms with Crippen molar-refractivity contribution in [3.8, 4) is 27.9 Å². The van der Waals surface area contributed by atoms with Gasteiger partial charge in [-0.15, -0.1) is 5.10 Å². The Hall–Kier alpha value is -3.92. The van der Waals surface area contributed by atoms with Crippen LogP contribution in [0.3, 0.4) is 0 Å². The van der Waals surface area contributed by atoms with Gasteiger partial charge < -0.3 is 4.52 Å². The number of benzene rings is 1. The van der Waals surface area contributed by atoms with Crippen LogP contribution in [0.5, 0.6) is 0 Å². The number of hydrogen-bond acceptors (Lipinski definition) is 7. The Kier molecular flexibility index (Phi) is 5.37. The zero-order chi connectivity index (χ0) is 23.9. The standard InChI is InChI=1S/C24H20ClFN8O/c1-14-18(12-35-30-14)17-10-29-33(11-17)22(8-15-2-3-15)20-6-4-16(9-27-20)23-21(34-13-28-31-32-34)7-5-19(25)24(23)26/h4-7,9-13,15,22H,2-3,8H2,1H3. The first-order valence-electron chi connectivity index (χ1n) is 11.2. The Balaban J connectivity index is 1.37. The average molecular weight is 491 g/mol. The van der Waals surface area contributed by atoms with Crippen LogP contribution in [0.25, 0.3) is 27.9 Å². The maximum atomic E-state index is 15.1. The Morgan fingerprint density at radius 2 is 2.06 bits per heavy atom. The third-order valence-electron chi connectivity index (χ3n) is 6.32. The number of aromatic nitrogens is 8. The van der Waals surface area contributed by atoms with E-state index in [1.807, 2.05) is 36.1 Å². The summed E-state index contributed by atoms with van der Waals surface area (Å²) >= 11 is 6.10. The van der Waals surface area contributed by atoms with E-state index < -0.39 is 5.82 Å². The molecule has 1 aliphatic rings. The first kappa shape index (κ1) is 21.6. The second-order valence-corrected chi connectivity index (χ2v) is 9.11. The fraction of sp³-hybridized carbons (Fsp3) is 0.250. The van der Waals surface area contributed by atoms with Crippen molar-refractivity contribution in [1.29, 1.82) is 0 Å². The van der Waals surface area contributed by atoms with Crippen molar-refractivity contribution < 1.29 is 8.91 Å². The molecule has 1 saturated carbocycles. The summed E-state index contributed by atoms with van der Waals surface area (Å²) < 4.78 is 23.6. The number of nitrogens with zero attached hydrogens (tertiary/aromatic N) is 8. The third kappa shape index (κ3) is 4.10. The van der Waals surface area contributed by atoms with Crippen LogP contribution >= 0.6 is 11.6 Å². The molecule has 1 aliphatic carbocycles. The summed E-state index contributed by atoms with van der Waals surface area (Å²) in [5.41, 5.74) is 4.85. The van der Waals surface area contributed by atoms with Crippen LogP contribution in [-0.4, -0.2) is 40.1 Å². The first-order valence-corrected chi connectivity index (χ1v) is 11.6. The molecule has 1 unspecified atom stereocenters. The van der Waals surface area contributed by atoms with Crippen molar-refractivity contribution in [3.63, 3.8) is 0 Å². The van der Waals surface area contributed by atoms with Crippen molar-refractivity contribution in [3.05, 3.63) is 77.7 Å². The van der Waals surface area contributed by atoms with Crippen molar-refractivity contribution in [2.24, 2.45) is 5.92 Å². The molecule has 35 heavy (non-hydrogen) atoms. The molecule has 0 spiro atoms. The smallest absolute Gasteiger partial charge is 0.151 e. The molecule has 4 heterocycles. The van der Waals surface area contributed by atoms with Crippen molar-refractivity contribution >= 4 is 11.6 Å². The molecule has 0 N–H and O–H groups in total. The summed E-state index contributed by atoms with van der Waals surface area (Å²) in [6.07, 6.45) is 11.8. The number of pyridine rings is 1. The molecule has 176 valence electrons. The van der Waals surface area contributed by atoms with E-state index in [1.165, 1.54) is 29.9 Å². The summed E-state index contributed by atoms with van der Waals surface area (Å²) in [6.45, 7) is 1.90. The Bertz CT molecular complexity index is 1470. The van der Waals surface area contributed by atoms with Crippen LogP contribution in [0.4, 0.5) is 4.39 Å². The molecule has 1 atom stereocenters. The molecule has 11 heteroatoms. The van der Waals surface area contributed by atoms with Crippen molar-refractivity contribution in [2.75, 3.05) is 0 Å². The molecule has 1 aromatic carbocycles. The third-order valence-corrected chi connectivity index (χ3v) is 6.61. The van der Waals surface area contributed by atoms with Gasteiger partial charge in [0.1, 0.15) is 12.6 Å². The van der Waals surface area contributed by atoms with Crippen LogP contribution in [0.1, 0.15) is 36.7 Å². The second-order valence-electron chi connectivity index (χ2n) is 8.70. The van der Waals surface area contributed by atoms with E-state index in [9.17, 15) is 0 Å². The highest BCUT2D eigenvalue weighted by Crippen LogP contribution is 2.40. The SMILES string of the molecule is Cc1nocc1-c1cnn(C(CC2CC2)c2ccc(-c3c(-n4cnnn4)ccc(Cl)c3F)cn2)c1. The largest absolute Gasteiger partial charge is 0.364 e. The number of rotatable bonds is 7. The van der Waals surface area contributed by atoms with Gasteiger partial charge in [-0.2, -0.15) is 9.78 Å². The van der Waals surface area contributed by atoms with Gasteiger partial charge in [-0.3, -0.25) is 9.67 Å². The lowest BCUT2D eigenvalue weighted by molar-refractivity contribution is 0.415. The summed E-state index contributed by atoms with van der Waals surface area (Å²) in [6, 6.07) is 6.88. The van der Waals surface area contributed by atoms with E-state index in [0.29, 0.717) is 17.2 Å². The molecule has 5 aromatic rings. The predicted octanol–water partition coefficient (Wildman–Crippen LogP) is 5.07. The number of aryl methyl sites for hydroxylation is 1. The van der Waals surface area contributed by atoms with Crippen LogP contribution < -0.4 is 0 Å². The minimum atomic E-state index is -0.551. The maximum absolute atomic E-state index is 15.1. The Morgan fingerprint density at radius 1 is 1.17 bits per heavy atom. The molecule has 0 saturated heterocycles. The minimum absolute atomic E-state index is 0.0145. The molecule has 0 bridgehead atoms.